The van der Waals surface area contributed by atoms with Crippen molar-refractivity contribution in [3.63, 3.8) is 0 Å². The highest BCUT2D eigenvalue weighted by Crippen LogP contribution is 2.24. The van der Waals surface area contributed by atoms with Gasteiger partial charge in [0.2, 0.25) is 0 Å². The summed E-state index contributed by atoms with van der Waals surface area (Å²) in [6, 6.07) is 14.2. The fourth-order valence-corrected chi connectivity index (χ4v) is 3.11. The Morgan fingerprint density at radius 2 is 1.95 bits per heavy atom. The lowest BCUT2D eigenvalue weighted by Crippen LogP contribution is -2.44. The molecule has 1 saturated heterocycles. The van der Waals surface area contributed by atoms with Crippen molar-refractivity contribution in [2.45, 2.75) is 31.8 Å². The van der Waals surface area contributed by atoms with Crippen molar-refractivity contribution in [1.82, 2.24) is 4.90 Å². The van der Waals surface area contributed by atoms with E-state index in [-0.39, 0.29) is 6.04 Å². The molecule has 3 nitrogen and oxygen atoms in total. The summed E-state index contributed by atoms with van der Waals surface area (Å²) >= 11 is 0. The van der Waals surface area contributed by atoms with Crippen LogP contribution in [0.1, 0.15) is 24.8 Å². The number of carboxylic acids is 1. The summed E-state index contributed by atoms with van der Waals surface area (Å²) in [7, 11) is 0. The largest absolute Gasteiger partial charge is 0.480 e. The molecule has 2 aromatic rings. The van der Waals surface area contributed by atoms with Gasteiger partial charge in [0.25, 0.3) is 0 Å². The third-order valence-electron chi connectivity index (χ3n) is 4.15. The highest BCUT2D eigenvalue weighted by molar-refractivity contribution is 5.85. The van der Waals surface area contributed by atoms with Gasteiger partial charge in [0.05, 0.1) is 0 Å². The van der Waals surface area contributed by atoms with Gasteiger partial charge in [-0.1, -0.05) is 48.9 Å². The molecule has 1 aliphatic heterocycles. The van der Waals surface area contributed by atoms with Crippen LogP contribution in [-0.4, -0.2) is 28.6 Å². The number of benzene rings is 2. The van der Waals surface area contributed by atoms with Gasteiger partial charge in [0.1, 0.15) is 6.04 Å². The van der Waals surface area contributed by atoms with Crippen molar-refractivity contribution in [3.05, 3.63) is 48.0 Å². The predicted molar refractivity (Wildman–Crippen MR) is 79.6 cm³/mol. The Kier molecular flexibility index (Phi) is 3.70. The summed E-state index contributed by atoms with van der Waals surface area (Å²) in [6.45, 7) is 1.60. The molecule has 1 fully saturated rings. The molecule has 3 heteroatoms. The predicted octanol–water partition coefficient (Wildman–Crippen LogP) is 3.28. The van der Waals surface area contributed by atoms with E-state index in [9.17, 15) is 9.90 Å². The molecule has 2 aromatic carbocycles. The Hall–Kier alpha value is -1.87. The van der Waals surface area contributed by atoms with Gasteiger partial charge in [0, 0.05) is 6.54 Å². The van der Waals surface area contributed by atoms with Crippen LogP contribution in [0.4, 0.5) is 0 Å². The first-order valence-corrected chi connectivity index (χ1v) is 7.19. The Morgan fingerprint density at radius 3 is 2.80 bits per heavy atom. The van der Waals surface area contributed by atoms with E-state index in [2.05, 4.69) is 35.2 Å². The molecule has 0 radical (unpaired) electrons. The summed E-state index contributed by atoms with van der Waals surface area (Å²) in [4.78, 5) is 13.5. The number of hydrogen-bond acceptors (Lipinski definition) is 2. The van der Waals surface area contributed by atoms with Gasteiger partial charge < -0.3 is 5.11 Å². The van der Waals surface area contributed by atoms with E-state index in [4.69, 9.17) is 0 Å². The average molecular weight is 269 g/mol. The first-order valence-electron chi connectivity index (χ1n) is 7.19. The molecular weight excluding hydrogens is 250 g/mol. The summed E-state index contributed by atoms with van der Waals surface area (Å²) in [6.07, 6.45) is 2.87. The second-order valence-electron chi connectivity index (χ2n) is 5.46. The van der Waals surface area contributed by atoms with Crippen LogP contribution in [0.2, 0.25) is 0 Å². The minimum atomic E-state index is -0.690. The van der Waals surface area contributed by atoms with Crippen molar-refractivity contribution < 1.29 is 9.90 Å². The molecule has 1 heterocycles. The van der Waals surface area contributed by atoms with E-state index in [1.807, 2.05) is 12.1 Å². The minimum absolute atomic E-state index is 0.331. The molecule has 0 aliphatic carbocycles. The van der Waals surface area contributed by atoms with E-state index in [0.29, 0.717) is 0 Å². The number of hydrogen-bond donors (Lipinski definition) is 1. The van der Waals surface area contributed by atoms with Crippen LogP contribution >= 0.6 is 0 Å². The van der Waals surface area contributed by atoms with Crippen LogP contribution < -0.4 is 0 Å². The number of piperidine rings is 1. The fraction of sp³-hybridized carbons (Fsp3) is 0.353. The number of carboxylic acid groups (broad SMARTS) is 1. The Labute approximate surface area is 118 Å². The molecule has 1 N–H and O–H groups in total. The van der Waals surface area contributed by atoms with Crippen molar-refractivity contribution in [1.29, 1.82) is 0 Å². The van der Waals surface area contributed by atoms with Crippen LogP contribution in [0.5, 0.6) is 0 Å². The van der Waals surface area contributed by atoms with Crippen molar-refractivity contribution in [3.8, 4) is 0 Å². The molecule has 3 rings (SSSR count). The summed E-state index contributed by atoms with van der Waals surface area (Å²) in [5.74, 6) is -0.690. The second kappa shape index (κ2) is 5.63. The van der Waals surface area contributed by atoms with Gasteiger partial charge in [-0.25, -0.2) is 0 Å². The molecule has 0 bridgehead atoms. The first-order chi connectivity index (χ1) is 9.75. The smallest absolute Gasteiger partial charge is 0.320 e. The molecule has 0 spiro atoms. The lowest BCUT2D eigenvalue weighted by molar-refractivity contribution is -0.144. The zero-order chi connectivity index (χ0) is 13.9. The maximum atomic E-state index is 11.4. The molecule has 1 aliphatic rings. The SMILES string of the molecule is O=C(O)C1CCCCN1Cc1cccc2ccccc12. The van der Waals surface area contributed by atoms with Crippen LogP contribution in [0.25, 0.3) is 10.8 Å². The molecule has 0 saturated carbocycles. The maximum absolute atomic E-state index is 11.4. The average Bonchev–Trinajstić information content (AvgIpc) is 2.48. The van der Waals surface area contributed by atoms with E-state index in [1.54, 1.807) is 0 Å². The molecule has 104 valence electrons. The normalized spacial score (nSPS) is 20.1. The summed E-state index contributed by atoms with van der Waals surface area (Å²) < 4.78 is 0. The lowest BCUT2D eigenvalue weighted by Gasteiger charge is -2.33. The number of aliphatic carboxylic acids is 1. The van der Waals surface area contributed by atoms with Gasteiger partial charge in [-0.3, -0.25) is 9.69 Å². The minimum Gasteiger partial charge on any atom is -0.480 e. The van der Waals surface area contributed by atoms with E-state index < -0.39 is 5.97 Å². The van der Waals surface area contributed by atoms with Crippen LogP contribution in [0, 0.1) is 0 Å². The molecule has 0 aromatic heterocycles. The van der Waals surface area contributed by atoms with Crippen LogP contribution in [-0.2, 0) is 11.3 Å². The van der Waals surface area contributed by atoms with Crippen molar-refractivity contribution in [2.75, 3.05) is 6.54 Å². The molecule has 1 unspecified atom stereocenters. The second-order valence-corrected chi connectivity index (χ2v) is 5.46. The van der Waals surface area contributed by atoms with Crippen molar-refractivity contribution >= 4 is 16.7 Å². The summed E-state index contributed by atoms with van der Waals surface area (Å²) in [5.41, 5.74) is 1.22. The highest BCUT2D eigenvalue weighted by Gasteiger charge is 2.28. The molecule has 20 heavy (non-hydrogen) atoms. The van der Waals surface area contributed by atoms with Gasteiger partial charge in [0.15, 0.2) is 0 Å². The van der Waals surface area contributed by atoms with Crippen LogP contribution in [0.3, 0.4) is 0 Å². The first kappa shape index (κ1) is 13.1. The zero-order valence-corrected chi connectivity index (χ0v) is 11.5. The number of carbonyl (C=O) groups is 1. The summed E-state index contributed by atoms with van der Waals surface area (Å²) in [5, 5.41) is 11.8. The monoisotopic (exact) mass is 269 g/mol. The van der Waals surface area contributed by atoms with Gasteiger partial charge in [-0.2, -0.15) is 0 Å². The number of nitrogens with zero attached hydrogens (tertiary/aromatic N) is 1. The van der Waals surface area contributed by atoms with Gasteiger partial charge >= 0.3 is 5.97 Å². The zero-order valence-electron chi connectivity index (χ0n) is 11.5. The van der Waals surface area contributed by atoms with Gasteiger partial charge in [-0.05, 0) is 35.7 Å². The third kappa shape index (κ3) is 2.54. The standard InChI is InChI=1S/C17H19NO2/c19-17(20)16-10-3-4-11-18(16)12-14-8-5-7-13-6-1-2-9-15(13)14/h1-2,5-9,16H,3-4,10-12H2,(H,19,20). The highest BCUT2D eigenvalue weighted by atomic mass is 16.4. The van der Waals surface area contributed by atoms with E-state index in [0.717, 1.165) is 32.4 Å². The molecular formula is C17H19NO2. The number of fused-ring (bicyclic) bond motifs is 1. The van der Waals surface area contributed by atoms with E-state index >= 15 is 0 Å². The van der Waals surface area contributed by atoms with Crippen molar-refractivity contribution in [2.24, 2.45) is 0 Å². The van der Waals surface area contributed by atoms with Crippen LogP contribution in [0.15, 0.2) is 42.5 Å². The maximum Gasteiger partial charge on any atom is 0.320 e. The Bertz CT molecular complexity index is 618. The molecule has 1 atom stereocenters. The lowest BCUT2D eigenvalue weighted by atomic mass is 9.99. The quantitative estimate of drug-likeness (QED) is 0.929. The Morgan fingerprint density at radius 1 is 1.15 bits per heavy atom. The number of rotatable bonds is 3. The van der Waals surface area contributed by atoms with E-state index in [1.165, 1.54) is 16.3 Å². The third-order valence-corrected chi connectivity index (χ3v) is 4.15. The fourth-order valence-electron chi connectivity index (χ4n) is 3.11. The van der Waals surface area contributed by atoms with Gasteiger partial charge in [-0.15, -0.1) is 0 Å². The Balaban J connectivity index is 1.90. The number of likely N-dealkylation sites (tertiary alicyclic amines) is 1. The topological polar surface area (TPSA) is 40.5 Å². The molecule has 0 amide bonds.